The SMILES string of the molecule is CC1CCCCC(C)(C2CCCCCCCC2)CCC1. The summed E-state index contributed by atoms with van der Waals surface area (Å²) in [6, 6.07) is 0. The summed E-state index contributed by atoms with van der Waals surface area (Å²) < 4.78 is 0. The molecule has 0 aromatic carbocycles. The Morgan fingerprint density at radius 1 is 0.600 bits per heavy atom. The van der Waals surface area contributed by atoms with Crippen molar-refractivity contribution in [1.29, 1.82) is 0 Å². The molecule has 0 bridgehead atoms. The molecule has 0 heterocycles. The Hall–Kier alpha value is 0. The fourth-order valence-corrected chi connectivity index (χ4v) is 4.88. The fourth-order valence-electron chi connectivity index (χ4n) is 4.88. The van der Waals surface area contributed by atoms with Crippen LogP contribution in [0.4, 0.5) is 0 Å². The van der Waals surface area contributed by atoms with Gasteiger partial charge in [0.2, 0.25) is 0 Å². The molecule has 2 aliphatic rings. The van der Waals surface area contributed by atoms with Gasteiger partial charge in [-0.1, -0.05) is 84.5 Å². The van der Waals surface area contributed by atoms with E-state index in [1.807, 2.05) is 0 Å². The van der Waals surface area contributed by atoms with Crippen LogP contribution in [-0.2, 0) is 0 Å². The van der Waals surface area contributed by atoms with Crippen molar-refractivity contribution in [2.24, 2.45) is 17.3 Å². The molecule has 2 atom stereocenters. The molecule has 2 aliphatic carbocycles. The van der Waals surface area contributed by atoms with E-state index in [1.54, 1.807) is 0 Å². The third-order valence-corrected chi connectivity index (χ3v) is 6.48. The summed E-state index contributed by atoms with van der Waals surface area (Å²) in [6.07, 6.45) is 22.6. The minimum absolute atomic E-state index is 0.675. The number of hydrogen-bond donors (Lipinski definition) is 0. The van der Waals surface area contributed by atoms with Crippen molar-refractivity contribution >= 4 is 0 Å². The average Bonchev–Trinajstić information content (AvgIpc) is 2.61. The van der Waals surface area contributed by atoms with E-state index in [4.69, 9.17) is 0 Å². The zero-order valence-corrected chi connectivity index (χ0v) is 14.3. The Balaban J connectivity index is 1.96. The molecular weight excluding hydrogens is 240 g/mol. The van der Waals surface area contributed by atoms with Crippen molar-refractivity contribution in [3.63, 3.8) is 0 Å². The minimum Gasteiger partial charge on any atom is -0.0625 e. The summed E-state index contributed by atoms with van der Waals surface area (Å²) in [6.45, 7) is 5.13. The van der Waals surface area contributed by atoms with Gasteiger partial charge in [-0.3, -0.25) is 0 Å². The lowest BCUT2D eigenvalue weighted by molar-refractivity contribution is 0.124. The van der Waals surface area contributed by atoms with Crippen LogP contribution < -0.4 is 0 Å². The van der Waals surface area contributed by atoms with Gasteiger partial charge in [-0.2, -0.15) is 0 Å². The van der Waals surface area contributed by atoms with E-state index in [1.165, 1.54) is 96.3 Å². The van der Waals surface area contributed by atoms with Crippen LogP contribution in [-0.4, -0.2) is 0 Å². The predicted octanol–water partition coefficient (Wildman–Crippen LogP) is 7.12. The van der Waals surface area contributed by atoms with Gasteiger partial charge in [-0.15, -0.1) is 0 Å². The van der Waals surface area contributed by atoms with E-state index >= 15 is 0 Å². The molecule has 0 saturated heterocycles. The quantitative estimate of drug-likeness (QED) is 0.479. The largest absolute Gasteiger partial charge is 0.0625 e. The molecule has 0 aromatic heterocycles. The summed E-state index contributed by atoms with van der Waals surface area (Å²) in [7, 11) is 0. The Bertz CT molecular complexity index is 247. The van der Waals surface area contributed by atoms with Crippen molar-refractivity contribution in [1.82, 2.24) is 0 Å². The fraction of sp³-hybridized carbons (Fsp3) is 1.00. The van der Waals surface area contributed by atoms with Crippen molar-refractivity contribution in [2.45, 2.75) is 110 Å². The van der Waals surface area contributed by atoms with Crippen LogP contribution in [0.3, 0.4) is 0 Å². The molecule has 0 amide bonds. The zero-order chi connectivity index (χ0) is 14.3. The van der Waals surface area contributed by atoms with Crippen LogP contribution >= 0.6 is 0 Å². The maximum absolute atomic E-state index is 2.66. The highest BCUT2D eigenvalue weighted by Crippen LogP contribution is 2.45. The van der Waals surface area contributed by atoms with Crippen LogP contribution in [0, 0.1) is 17.3 Å². The summed E-state index contributed by atoms with van der Waals surface area (Å²) in [5.41, 5.74) is 0.675. The zero-order valence-electron chi connectivity index (χ0n) is 14.3. The van der Waals surface area contributed by atoms with E-state index < -0.39 is 0 Å². The molecule has 118 valence electrons. The van der Waals surface area contributed by atoms with Crippen LogP contribution in [0.5, 0.6) is 0 Å². The monoisotopic (exact) mass is 278 g/mol. The summed E-state index contributed by atoms with van der Waals surface area (Å²) in [5, 5.41) is 0. The molecule has 2 rings (SSSR count). The van der Waals surface area contributed by atoms with Gasteiger partial charge in [0.05, 0.1) is 0 Å². The van der Waals surface area contributed by atoms with Gasteiger partial charge >= 0.3 is 0 Å². The molecule has 0 aliphatic heterocycles. The van der Waals surface area contributed by atoms with E-state index in [2.05, 4.69) is 13.8 Å². The van der Waals surface area contributed by atoms with Gasteiger partial charge in [0.25, 0.3) is 0 Å². The molecule has 0 nitrogen and oxygen atoms in total. The first-order chi connectivity index (χ1) is 9.71. The minimum atomic E-state index is 0.675. The summed E-state index contributed by atoms with van der Waals surface area (Å²) in [4.78, 5) is 0. The van der Waals surface area contributed by atoms with Gasteiger partial charge in [0, 0.05) is 0 Å². The van der Waals surface area contributed by atoms with Gasteiger partial charge < -0.3 is 0 Å². The van der Waals surface area contributed by atoms with Crippen LogP contribution in [0.1, 0.15) is 110 Å². The van der Waals surface area contributed by atoms with Gasteiger partial charge in [0.15, 0.2) is 0 Å². The Morgan fingerprint density at radius 2 is 1.10 bits per heavy atom. The van der Waals surface area contributed by atoms with E-state index in [-0.39, 0.29) is 0 Å². The van der Waals surface area contributed by atoms with Crippen molar-refractivity contribution < 1.29 is 0 Å². The van der Waals surface area contributed by atoms with Crippen LogP contribution in [0.15, 0.2) is 0 Å². The number of hydrogen-bond acceptors (Lipinski definition) is 0. The molecule has 0 heteroatoms. The normalized spacial score (nSPS) is 36.0. The highest BCUT2D eigenvalue weighted by atomic mass is 14.4. The van der Waals surface area contributed by atoms with Gasteiger partial charge in [-0.25, -0.2) is 0 Å². The first-order valence-corrected chi connectivity index (χ1v) is 9.71. The molecule has 0 radical (unpaired) electrons. The van der Waals surface area contributed by atoms with E-state index in [0.29, 0.717) is 5.41 Å². The highest BCUT2D eigenvalue weighted by molar-refractivity contribution is 4.84. The van der Waals surface area contributed by atoms with E-state index in [9.17, 15) is 0 Å². The first-order valence-electron chi connectivity index (χ1n) is 9.71. The smallest absolute Gasteiger partial charge is 0.0298 e. The molecule has 0 N–H and O–H groups in total. The molecule has 2 unspecified atom stereocenters. The second kappa shape index (κ2) is 8.44. The maximum atomic E-state index is 2.66. The maximum Gasteiger partial charge on any atom is -0.0298 e. The van der Waals surface area contributed by atoms with Crippen molar-refractivity contribution in [2.75, 3.05) is 0 Å². The van der Waals surface area contributed by atoms with Crippen molar-refractivity contribution in [3.05, 3.63) is 0 Å². The molecule has 2 fully saturated rings. The molecule has 2 saturated carbocycles. The second-order valence-electron chi connectivity index (χ2n) is 8.29. The van der Waals surface area contributed by atoms with Gasteiger partial charge in [-0.05, 0) is 42.9 Å². The van der Waals surface area contributed by atoms with Gasteiger partial charge in [0.1, 0.15) is 0 Å². The van der Waals surface area contributed by atoms with Crippen LogP contribution in [0.2, 0.25) is 0 Å². The third-order valence-electron chi connectivity index (χ3n) is 6.48. The molecular formula is C20H38. The lowest BCUT2D eigenvalue weighted by atomic mass is 9.67. The lowest BCUT2D eigenvalue weighted by Gasteiger charge is -2.38. The molecule has 0 aromatic rings. The van der Waals surface area contributed by atoms with E-state index in [0.717, 1.165) is 11.8 Å². The standard InChI is InChI=1S/C20H38/c1-18-12-9-10-16-20(2,17-11-13-18)19-14-7-5-3-4-6-8-15-19/h18-19H,3-17H2,1-2H3. The average molecular weight is 279 g/mol. The van der Waals surface area contributed by atoms with Crippen LogP contribution in [0.25, 0.3) is 0 Å². The molecule has 0 spiro atoms. The molecule has 20 heavy (non-hydrogen) atoms. The Labute approximate surface area is 128 Å². The second-order valence-corrected chi connectivity index (χ2v) is 8.29. The summed E-state index contributed by atoms with van der Waals surface area (Å²) >= 11 is 0. The highest BCUT2D eigenvalue weighted by Gasteiger charge is 2.33. The Kier molecular flexibility index (Phi) is 6.91. The lowest BCUT2D eigenvalue weighted by Crippen LogP contribution is -2.28. The first kappa shape index (κ1) is 16.4. The Morgan fingerprint density at radius 3 is 1.80 bits per heavy atom. The number of rotatable bonds is 1. The third kappa shape index (κ3) is 5.08. The van der Waals surface area contributed by atoms with Crippen molar-refractivity contribution in [3.8, 4) is 0 Å². The predicted molar refractivity (Wildman–Crippen MR) is 90.0 cm³/mol. The topological polar surface area (TPSA) is 0 Å². The summed E-state index contributed by atoms with van der Waals surface area (Å²) in [5.74, 6) is 2.02.